The van der Waals surface area contributed by atoms with Gasteiger partial charge in [-0.15, -0.1) is 11.8 Å². The summed E-state index contributed by atoms with van der Waals surface area (Å²) >= 11 is 1.56. The highest BCUT2D eigenvalue weighted by Gasteiger charge is 2.46. The summed E-state index contributed by atoms with van der Waals surface area (Å²) in [6, 6.07) is 29.9. The average molecular weight is 481 g/mol. The predicted molar refractivity (Wildman–Crippen MR) is 134 cm³/mol. The highest BCUT2D eigenvalue weighted by Crippen LogP contribution is 2.32. The van der Waals surface area contributed by atoms with E-state index in [0.29, 0.717) is 19.8 Å². The average Bonchev–Trinajstić information content (AvgIpc) is 2.89. The quantitative estimate of drug-likeness (QED) is 0.425. The number of rotatable bonds is 11. The third kappa shape index (κ3) is 6.92. The van der Waals surface area contributed by atoms with Gasteiger partial charge >= 0.3 is 0 Å². The Hall–Kier alpha value is -2.19. The fourth-order valence-electron chi connectivity index (χ4n) is 3.99. The van der Waals surface area contributed by atoms with Gasteiger partial charge in [0.05, 0.1) is 26.4 Å². The van der Waals surface area contributed by atoms with E-state index in [9.17, 15) is 5.11 Å². The van der Waals surface area contributed by atoms with E-state index in [0.717, 1.165) is 16.7 Å². The van der Waals surface area contributed by atoms with Crippen LogP contribution >= 0.6 is 11.8 Å². The van der Waals surface area contributed by atoms with Crippen molar-refractivity contribution in [3.63, 3.8) is 0 Å². The molecule has 3 aromatic carbocycles. The molecule has 1 aliphatic rings. The van der Waals surface area contributed by atoms with E-state index in [1.807, 2.05) is 97.3 Å². The van der Waals surface area contributed by atoms with Gasteiger partial charge in [-0.3, -0.25) is 0 Å². The number of ether oxygens (including phenoxy) is 4. The van der Waals surface area contributed by atoms with Crippen LogP contribution < -0.4 is 0 Å². The minimum atomic E-state index is -0.886. The van der Waals surface area contributed by atoms with Crippen LogP contribution in [0.1, 0.15) is 16.7 Å². The van der Waals surface area contributed by atoms with Gasteiger partial charge in [0.15, 0.2) is 0 Å². The van der Waals surface area contributed by atoms with Gasteiger partial charge in [0.25, 0.3) is 0 Å². The molecule has 1 saturated heterocycles. The van der Waals surface area contributed by atoms with Crippen LogP contribution in [-0.4, -0.2) is 47.8 Å². The molecule has 0 amide bonds. The Morgan fingerprint density at radius 3 is 1.68 bits per heavy atom. The smallest absolute Gasteiger partial charge is 0.132 e. The summed E-state index contributed by atoms with van der Waals surface area (Å²) in [5.41, 5.74) is 2.89. The molecule has 1 aliphatic heterocycles. The lowest BCUT2D eigenvalue weighted by Gasteiger charge is -2.44. The molecule has 0 bridgehead atoms. The van der Waals surface area contributed by atoms with E-state index < -0.39 is 24.4 Å². The molecular weight excluding hydrogens is 448 g/mol. The number of aliphatic hydroxyl groups excluding tert-OH is 1. The SMILES string of the molecule is CS[C@H]1O[C@H](COCc2ccccc2)[C@H](O)[C@H](OCc2ccccc2)[C@H]1OCc1ccccc1. The molecule has 1 N–H and O–H groups in total. The number of hydrogen-bond acceptors (Lipinski definition) is 6. The van der Waals surface area contributed by atoms with Crippen LogP contribution in [0, 0.1) is 0 Å². The zero-order valence-electron chi connectivity index (χ0n) is 19.4. The lowest BCUT2D eigenvalue weighted by atomic mass is 9.99. The van der Waals surface area contributed by atoms with Crippen molar-refractivity contribution < 1.29 is 24.1 Å². The molecule has 3 aromatic rings. The molecule has 1 heterocycles. The molecule has 0 unspecified atom stereocenters. The van der Waals surface area contributed by atoms with Crippen molar-refractivity contribution in [2.75, 3.05) is 12.9 Å². The van der Waals surface area contributed by atoms with Gasteiger partial charge in [-0.2, -0.15) is 0 Å². The molecular formula is C28H32O5S. The van der Waals surface area contributed by atoms with Gasteiger partial charge in [0, 0.05) is 0 Å². The summed E-state index contributed by atoms with van der Waals surface area (Å²) in [5.74, 6) is 0. The van der Waals surface area contributed by atoms with Crippen LogP contribution in [0.25, 0.3) is 0 Å². The van der Waals surface area contributed by atoms with Crippen molar-refractivity contribution in [1.29, 1.82) is 0 Å². The topological polar surface area (TPSA) is 57.2 Å². The molecule has 180 valence electrons. The Kier molecular flexibility index (Phi) is 9.56. The predicted octanol–water partition coefficient (Wildman–Crippen LogP) is 4.82. The molecule has 34 heavy (non-hydrogen) atoms. The molecule has 4 rings (SSSR count). The maximum atomic E-state index is 11.3. The normalized spacial score (nSPS) is 24.7. The second-order valence-corrected chi connectivity index (χ2v) is 9.23. The molecule has 5 atom stereocenters. The molecule has 5 nitrogen and oxygen atoms in total. The van der Waals surface area contributed by atoms with Crippen molar-refractivity contribution in [1.82, 2.24) is 0 Å². The minimum absolute atomic E-state index is 0.268. The van der Waals surface area contributed by atoms with Crippen molar-refractivity contribution in [3.8, 4) is 0 Å². The van der Waals surface area contributed by atoms with E-state index in [4.69, 9.17) is 18.9 Å². The van der Waals surface area contributed by atoms with Gasteiger partial charge in [0.1, 0.15) is 29.9 Å². The fourth-order valence-corrected chi connectivity index (χ4v) is 4.74. The molecule has 0 radical (unpaired) electrons. The van der Waals surface area contributed by atoms with Crippen LogP contribution in [0.2, 0.25) is 0 Å². The number of thioether (sulfide) groups is 1. The maximum absolute atomic E-state index is 11.3. The lowest BCUT2D eigenvalue weighted by molar-refractivity contribution is -0.240. The van der Waals surface area contributed by atoms with E-state index >= 15 is 0 Å². The third-order valence-corrected chi connectivity index (χ3v) is 6.66. The largest absolute Gasteiger partial charge is 0.387 e. The number of hydrogen-bond donors (Lipinski definition) is 1. The Balaban J connectivity index is 1.44. The van der Waals surface area contributed by atoms with Crippen LogP contribution in [0.5, 0.6) is 0 Å². The second-order valence-electron chi connectivity index (χ2n) is 8.29. The lowest BCUT2D eigenvalue weighted by Crippen LogP contribution is -2.59. The summed E-state index contributed by atoms with van der Waals surface area (Å²) in [4.78, 5) is 0. The Bertz CT molecular complexity index is 956. The highest BCUT2D eigenvalue weighted by atomic mass is 32.2. The Morgan fingerprint density at radius 2 is 1.18 bits per heavy atom. The van der Waals surface area contributed by atoms with Crippen molar-refractivity contribution in [2.45, 2.75) is 49.7 Å². The van der Waals surface area contributed by atoms with Gasteiger partial charge in [-0.1, -0.05) is 91.0 Å². The van der Waals surface area contributed by atoms with Crippen LogP contribution in [0.3, 0.4) is 0 Å². The Labute approximate surface area is 206 Å². The zero-order valence-corrected chi connectivity index (χ0v) is 20.2. The first kappa shape index (κ1) is 24.9. The standard InChI is InChI=1S/C28H32O5S/c1-34-28-27(32-19-23-15-9-4-10-16-23)26(31-18-22-13-7-3-8-14-22)25(29)24(33-28)20-30-17-21-11-5-2-6-12-21/h2-16,24-29H,17-20H2,1H3/t24-,25+,26+,27-,28-/m1/s1. The Morgan fingerprint density at radius 1 is 0.706 bits per heavy atom. The maximum Gasteiger partial charge on any atom is 0.132 e. The minimum Gasteiger partial charge on any atom is -0.387 e. The van der Waals surface area contributed by atoms with E-state index in [1.165, 1.54) is 0 Å². The summed E-state index contributed by atoms with van der Waals surface area (Å²) in [6.45, 7) is 1.52. The monoisotopic (exact) mass is 480 g/mol. The van der Waals surface area contributed by atoms with Gasteiger partial charge < -0.3 is 24.1 Å². The molecule has 0 aliphatic carbocycles. The first-order valence-electron chi connectivity index (χ1n) is 11.5. The van der Waals surface area contributed by atoms with Gasteiger partial charge in [-0.05, 0) is 22.9 Å². The molecule has 6 heteroatoms. The van der Waals surface area contributed by atoms with Crippen LogP contribution in [0.15, 0.2) is 91.0 Å². The van der Waals surface area contributed by atoms with Crippen molar-refractivity contribution in [3.05, 3.63) is 108 Å². The van der Waals surface area contributed by atoms with Gasteiger partial charge in [0.2, 0.25) is 0 Å². The van der Waals surface area contributed by atoms with Crippen LogP contribution in [0.4, 0.5) is 0 Å². The van der Waals surface area contributed by atoms with E-state index in [1.54, 1.807) is 11.8 Å². The number of benzene rings is 3. The highest BCUT2D eigenvalue weighted by molar-refractivity contribution is 7.99. The van der Waals surface area contributed by atoms with Crippen molar-refractivity contribution in [2.24, 2.45) is 0 Å². The summed E-state index contributed by atoms with van der Waals surface area (Å²) in [6.07, 6.45) is -0.404. The molecule has 0 spiro atoms. The van der Waals surface area contributed by atoms with Crippen LogP contribution in [-0.2, 0) is 38.8 Å². The third-order valence-electron chi connectivity index (χ3n) is 5.82. The first-order chi connectivity index (χ1) is 16.7. The van der Waals surface area contributed by atoms with E-state index in [2.05, 4.69) is 0 Å². The summed E-state index contributed by atoms with van der Waals surface area (Å²) in [5, 5.41) is 11.3. The molecule has 0 saturated carbocycles. The summed E-state index contributed by atoms with van der Waals surface area (Å²) < 4.78 is 24.7. The molecule has 0 aromatic heterocycles. The van der Waals surface area contributed by atoms with E-state index in [-0.39, 0.29) is 12.0 Å². The van der Waals surface area contributed by atoms with Crippen molar-refractivity contribution >= 4 is 11.8 Å². The molecule has 1 fully saturated rings. The second kappa shape index (κ2) is 13.0. The zero-order chi connectivity index (χ0) is 23.6. The first-order valence-corrected chi connectivity index (χ1v) is 12.8. The fraction of sp³-hybridized carbons (Fsp3) is 0.357. The summed E-state index contributed by atoms with van der Waals surface area (Å²) in [7, 11) is 0. The van der Waals surface area contributed by atoms with Gasteiger partial charge in [-0.25, -0.2) is 0 Å². The number of aliphatic hydroxyl groups is 1.